The lowest BCUT2D eigenvalue weighted by atomic mass is 10.0. The van der Waals surface area contributed by atoms with Gasteiger partial charge >= 0.3 is 6.03 Å². The van der Waals surface area contributed by atoms with E-state index in [0.717, 1.165) is 17.7 Å². The van der Waals surface area contributed by atoms with Gasteiger partial charge in [0.2, 0.25) is 0 Å². The monoisotopic (exact) mass is 279 g/mol. The first kappa shape index (κ1) is 16.0. The van der Waals surface area contributed by atoms with Crippen molar-refractivity contribution in [2.45, 2.75) is 26.8 Å². The Morgan fingerprint density at radius 1 is 1.40 bits per heavy atom. The number of primary amides is 1. The highest BCUT2D eigenvalue weighted by molar-refractivity contribution is 5.94. The number of urea groups is 1. The highest BCUT2D eigenvalue weighted by atomic mass is 16.5. The van der Waals surface area contributed by atoms with Crippen molar-refractivity contribution in [3.63, 3.8) is 0 Å². The lowest BCUT2D eigenvalue weighted by Crippen LogP contribution is -2.38. The van der Waals surface area contributed by atoms with Gasteiger partial charge in [0.15, 0.2) is 6.61 Å². The third-order valence-corrected chi connectivity index (χ3v) is 2.77. The van der Waals surface area contributed by atoms with Crippen LogP contribution in [0.1, 0.15) is 31.0 Å². The first-order valence-electron chi connectivity index (χ1n) is 6.50. The predicted molar refractivity (Wildman–Crippen MR) is 76.5 cm³/mol. The minimum Gasteiger partial charge on any atom is -0.483 e. The van der Waals surface area contributed by atoms with Gasteiger partial charge in [0.25, 0.3) is 5.91 Å². The topological polar surface area (TPSA) is 93.4 Å². The molecule has 0 spiro atoms. The molecule has 0 radical (unpaired) electrons. The van der Waals surface area contributed by atoms with Gasteiger partial charge in [0.1, 0.15) is 5.75 Å². The molecule has 1 rings (SSSR count). The van der Waals surface area contributed by atoms with E-state index >= 15 is 0 Å². The van der Waals surface area contributed by atoms with Crippen molar-refractivity contribution in [3.8, 4) is 5.75 Å². The minimum atomic E-state index is -0.885. The van der Waals surface area contributed by atoms with Crippen molar-refractivity contribution < 1.29 is 14.3 Å². The van der Waals surface area contributed by atoms with Crippen LogP contribution in [0.25, 0.3) is 0 Å². The Bertz CT molecular complexity index is 489. The summed E-state index contributed by atoms with van der Waals surface area (Å²) in [6.45, 7) is 6.56. The summed E-state index contributed by atoms with van der Waals surface area (Å²) in [5.41, 5.74) is 6.86. The molecule has 6 heteroatoms. The second-order valence-corrected chi connectivity index (χ2v) is 4.52. The highest BCUT2D eigenvalue weighted by Gasteiger charge is 2.13. The van der Waals surface area contributed by atoms with E-state index in [1.54, 1.807) is 0 Å². The van der Waals surface area contributed by atoms with Crippen molar-refractivity contribution in [1.29, 1.82) is 0 Å². The lowest BCUT2D eigenvalue weighted by Gasteiger charge is -2.18. The number of amides is 3. The van der Waals surface area contributed by atoms with Crippen molar-refractivity contribution >= 4 is 11.9 Å². The van der Waals surface area contributed by atoms with Crippen LogP contribution in [0.4, 0.5) is 4.79 Å². The molecule has 3 amide bonds. The molecule has 1 aromatic rings. The third-order valence-electron chi connectivity index (χ3n) is 2.77. The van der Waals surface area contributed by atoms with Crippen LogP contribution in [0.2, 0.25) is 0 Å². The van der Waals surface area contributed by atoms with Crippen LogP contribution in [0.3, 0.4) is 0 Å². The Kier molecular flexibility index (Phi) is 5.99. The summed E-state index contributed by atoms with van der Waals surface area (Å²) in [5, 5.41) is 5.25. The van der Waals surface area contributed by atoms with Gasteiger partial charge in [0.05, 0.1) is 0 Å². The molecule has 0 aliphatic carbocycles. The number of carbonyl (C=O) groups excluding carboxylic acids is 2. The molecule has 1 aromatic carbocycles. The molecule has 0 fully saturated rings. The summed E-state index contributed by atoms with van der Waals surface area (Å²) in [7, 11) is 0. The first-order valence-corrected chi connectivity index (χ1v) is 6.50. The zero-order chi connectivity index (χ0) is 15.1. The van der Waals surface area contributed by atoms with E-state index in [-0.39, 0.29) is 12.6 Å². The Labute approximate surface area is 118 Å². The molecular formula is C14H21N3O3. The summed E-state index contributed by atoms with van der Waals surface area (Å²) in [6.07, 6.45) is 0. The Balaban J connectivity index is 2.79. The van der Waals surface area contributed by atoms with E-state index < -0.39 is 11.9 Å². The summed E-state index contributed by atoms with van der Waals surface area (Å²) < 4.78 is 5.49. The van der Waals surface area contributed by atoms with Gasteiger partial charge in [0, 0.05) is 11.6 Å². The fraction of sp³-hybridized carbons (Fsp3) is 0.429. The molecule has 0 aromatic heterocycles. The third kappa shape index (κ3) is 4.89. The van der Waals surface area contributed by atoms with Gasteiger partial charge in [-0.3, -0.25) is 10.1 Å². The summed E-state index contributed by atoms with van der Waals surface area (Å²) >= 11 is 0. The fourth-order valence-corrected chi connectivity index (χ4v) is 1.86. The molecule has 0 saturated heterocycles. The Morgan fingerprint density at radius 3 is 2.70 bits per heavy atom. The summed E-state index contributed by atoms with van der Waals surface area (Å²) in [4.78, 5) is 21.9. The van der Waals surface area contributed by atoms with Gasteiger partial charge < -0.3 is 15.8 Å². The normalized spacial score (nSPS) is 11.8. The maximum atomic E-state index is 11.4. The fourth-order valence-electron chi connectivity index (χ4n) is 1.86. The molecule has 4 N–H and O–H groups in total. The van der Waals surface area contributed by atoms with E-state index in [2.05, 4.69) is 5.32 Å². The van der Waals surface area contributed by atoms with Crippen LogP contribution in [-0.2, 0) is 4.79 Å². The molecule has 110 valence electrons. The number of carbonyl (C=O) groups is 2. The summed E-state index contributed by atoms with van der Waals surface area (Å²) in [5.74, 6) is 0.0548. The largest absolute Gasteiger partial charge is 0.483 e. The van der Waals surface area contributed by atoms with Crippen LogP contribution in [0.5, 0.6) is 5.75 Å². The average molecular weight is 279 g/mol. The minimum absolute atomic E-state index is 0.106. The Morgan fingerprint density at radius 2 is 2.10 bits per heavy atom. The number of hydrogen-bond donors (Lipinski definition) is 3. The molecule has 1 unspecified atom stereocenters. The van der Waals surface area contributed by atoms with E-state index in [9.17, 15) is 9.59 Å². The number of ether oxygens (including phenoxy) is 1. The Hall–Kier alpha value is -2.08. The van der Waals surface area contributed by atoms with Gasteiger partial charge in [-0.2, -0.15) is 0 Å². The molecule has 0 aliphatic heterocycles. The van der Waals surface area contributed by atoms with E-state index in [0.29, 0.717) is 5.75 Å². The van der Waals surface area contributed by atoms with Crippen LogP contribution < -0.4 is 21.1 Å². The van der Waals surface area contributed by atoms with E-state index in [4.69, 9.17) is 10.5 Å². The number of hydrogen-bond acceptors (Lipinski definition) is 4. The molecule has 0 heterocycles. The zero-order valence-electron chi connectivity index (χ0n) is 12.0. The van der Waals surface area contributed by atoms with Gasteiger partial charge in [-0.05, 0) is 32.0 Å². The first-order chi connectivity index (χ1) is 9.43. The molecule has 1 atom stereocenters. The van der Waals surface area contributed by atoms with Crippen LogP contribution >= 0.6 is 0 Å². The van der Waals surface area contributed by atoms with Gasteiger partial charge in [-0.25, -0.2) is 4.79 Å². The predicted octanol–water partition coefficient (Wildman–Crippen LogP) is 1.24. The van der Waals surface area contributed by atoms with Crippen LogP contribution in [0.15, 0.2) is 18.2 Å². The average Bonchev–Trinajstić information content (AvgIpc) is 2.36. The van der Waals surface area contributed by atoms with Gasteiger partial charge in [-0.1, -0.05) is 19.1 Å². The van der Waals surface area contributed by atoms with Crippen LogP contribution in [0, 0.1) is 6.92 Å². The quantitative estimate of drug-likeness (QED) is 0.730. The van der Waals surface area contributed by atoms with Crippen molar-refractivity contribution in [3.05, 3.63) is 29.3 Å². The molecule has 0 bridgehead atoms. The van der Waals surface area contributed by atoms with E-state index in [1.165, 1.54) is 0 Å². The highest BCUT2D eigenvalue weighted by Crippen LogP contribution is 2.26. The maximum Gasteiger partial charge on any atom is 0.318 e. The summed E-state index contributed by atoms with van der Waals surface area (Å²) in [6, 6.07) is 5.03. The van der Waals surface area contributed by atoms with Crippen LogP contribution in [-0.4, -0.2) is 25.1 Å². The smallest absolute Gasteiger partial charge is 0.318 e. The second kappa shape index (κ2) is 7.49. The van der Waals surface area contributed by atoms with Gasteiger partial charge in [-0.15, -0.1) is 0 Å². The van der Waals surface area contributed by atoms with Crippen molar-refractivity contribution in [2.75, 3.05) is 13.2 Å². The SMILES string of the molecule is CCNC(C)c1ccc(C)cc1OCC(=O)NC(N)=O. The number of rotatable bonds is 6. The second-order valence-electron chi connectivity index (χ2n) is 4.52. The number of imide groups is 1. The van der Waals surface area contributed by atoms with Crippen molar-refractivity contribution in [2.24, 2.45) is 5.73 Å². The molecule has 0 aliphatic rings. The number of nitrogens with one attached hydrogen (secondary N) is 2. The number of nitrogens with two attached hydrogens (primary N) is 1. The number of aryl methyl sites for hydroxylation is 1. The lowest BCUT2D eigenvalue weighted by molar-refractivity contribution is -0.121. The standard InChI is InChI=1S/C14H21N3O3/c1-4-16-10(3)11-6-5-9(2)7-12(11)20-8-13(18)17-14(15)19/h5-7,10,16H,4,8H2,1-3H3,(H3,15,17,18,19). The molecule has 0 saturated carbocycles. The molecule has 20 heavy (non-hydrogen) atoms. The maximum absolute atomic E-state index is 11.4. The van der Waals surface area contributed by atoms with Crippen molar-refractivity contribution in [1.82, 2.24) is 10.6 Å². The molecule has 6 nitrogen and oxygen atoms in total. The van der Waals surface area contributed by atoms with E-state index in [1.807, 2.05) is 44.3 Å². The molecular weight excluding hydrogens is 258 g/mol. The zero-order valence-corrected chi connectivity index (χ0v) is 12.0. The number of benzene rings is 1.